The van der Waals surface area contributed by atoms with Gasteiger partial charge in [-0.1, -0.05) is 31.2 Å². The van der Waals surface area contributed by atoms with E-state index in [4.69, 9.17) is 9.47 Å². The molecule has 0 radical (unpaired) electrons. The molecule has 2 heterocycles. The molecule has 10 nitrogen and oxygen atoms in total. The monoisotopic (exact) mass is 573 g/mol. The quantitative estimate of drug-likeness (QED) is 0.204. The van der Waals surface area contributed by atoms with Crippen LogP contribution in [0.1, 0.15) is 40.9 Å². The lowest BCUT2D eigenvalue weighted by Crippen LogP contribution is -2.56. The fourth-order valence-corrected chi connectivity index (χ4v) is 5.79. The van der Waals surface area contributed by atoms with Gasteiger partial charge in [-0.05, 0) is 48.2 Å². The van der Waals surface area contributed by atoms with Crippen molar-refractivity contribution in [2.24, 2.45) is 0 Å². The summed E-state index contributed by atoms with van der Waals surface area (Å²) < 4.78 is 11.7. The van der Waals surface area contributed by atoms with E-state index in [-0.39, 0.29) is 31.2 Å². The lowest BCUT2D eigenvalue weighted by atomic mass is 9.77. The molecule has 4 atom stereocenters. The number of carbonyl (C=O) groups is 3. The molecule has 10 heteroatoms. The number of methoxy groups -OCH3 is 1. The van der Waals surface area contributed by atoms with Crippen LogP contribution in [0, 0.1) is 0 Å². The van der Waals surface area contributed by atoms with Crippen LogP contribution < -0.4 is 14.8 Å². The summed E-state index contributed by atoms with van der Waals surface area (Å²) in [7, 11) is 1.45. The lowest BCUT2D eigenvalue weighted by molar-refractivity contribution is -0.132. The minimum atomic E-state index is -1.21. The normalized spacial score (nSPS) is 20.9. The van der Waals surface area contributed by atoms with Crippen molar-refractivity contribution in [3.63, 3.8) is 0 Å². The number of fused-ring (bicyclic) bond motifs is 4. The van der Waals surface area contributed by atoms with Crippen molar-refractivity contribution >= 4 is 29.0 Å². The zero-order chi connectivity index (χ0) is 29.8. The van der Waals surface area contributed by atoms with Gasteiger partial charge in [-0.2, -0.15) is 0 Å². The molecule has 1 aromatic heterocycles. The van der Waals surface area contributed by atoms with Crippen LogP contribution in [0.25, 0.3) is 10.9 Å². The van der Waals surface area contributed by atoms with E-state index in [0.29, 0.717) is 41.8 Å². The number of aliphatic hydroxyl groups is 2. The summed E-state index contributed by atoms with van der Waals surface area (Å²) in [6.07, 6.45) is 4.52. The van der Waals surface area contributed by atoms with Crippen LogP contribution in [0.2, 0.25) is 0 Å². The SMILES string of the molecule is CCC=CC(=O)N(CCc1cc2ccccc2[nH]1)C1C=C(C(=O)NCCO)C2c3cc(C=O)cc(OC)c3OC2C1O. The number of aldehydes is 1. The van der Waals surface area contributed by atoms with E-state index in [1.807, 2.05) is 37.3 Å². The first-order valence-electron chi connectivity index (χ1n) is 14.1. The van der Waals surface area contributed by atoms with Gasteiger partial charge < -0.3 is 34.9 Å². The highest BCUT2D eigenvalue weighted by Gasteiger charge is 2.51. The Bertz CT molecular complexity index is 1510. The second-order valence-corrected chi connectivity index (χ2v) is 10.4. The minimum absolute atomic E-state index is 0.0223. The molecule has 0 saturated heterocycles. The van der Waals surface area contributed by atoms with Crippen LogP contribution in [-0.4, -0.2) is 83.3 Å². The highest BCUT2D eigenvalue weighted by molar-refractivity contribution is 5.97. The van der Waals surface area contributed by atoms with Gasteiger partial charge in [0, 0.05) is 47.4 Å². The maximum Gasteiger partial charge on any atom is 0.247 e. The number of carbonyl (C=O) groups excluding carboxylic acids is 3. The first-order valence-corrected chi connectivity index (χ1v) is 14.1. The molecule has 0 bridgehead atoms. The number of rotatable bonds is 11. The molecule has 0 saturated carbocycles. The van der Waals surface area contributed by atoms with Crippen molar-refractivity contribution in [2.75, 3.05) is 26.8 Å². The molecule has 2 aromatic carbocycles. The van der Waals surface area contributed by atoms with Crippen LogP contribution in [0.15, 0.2) is 66.3 Å². The summed E-state index contributed by atoms with van der Waals surface area (Å²) in [5.74, 6) is -0.857. The van der Waals surface area contributed by atoms with Crippen molar-refractivity contribution in [1.82, 2.24) is 15.2 Å². The topological polar surface area (TPSA) is 141 Å². The molecular formula is C32H35N3O7. The Labute approximate surface area is 243 Å². The molecule has 42 heavy (non-hydrogen) atoms. The van der Waals surface area contributed by atoms with Gasteiger partial charge in [-0.3, -0.25) is 14.4 Å². The van der Waals surface area contributed by atoms with Gasteiger partial charge in [0.05, 0.1) is 25.7 Å². The van der Waals surface area contributed by atoms with Crippen molar-refractivity contribution in [3.05, 3.63) is 83.1 Å². The Hall–Kier alpha value is -4.41. The fourth-order valence-electron chi connectivity index (χ4n) is 5.79. The summed E-state index contributed by atoms with van der Waals surface area (Å²) in [4.78, 5) is 43.6. The Balaban J connectivity index is 1.55. The van der Waals surface area contributed by atoms with Crippen molar-refractivity contribution < 1.29 is 34.1 Å². The van der Waals surface area contributed by atoms with Crippen LogP contribution >= 0.6 is 0 Å². The second kappa shape index (κ2) is 12.6. The van der Waals surface area contributed by atoms with Crippen molar-refractivity contribution in [1.29, 1.82) is 0 Å². The van der Waals surface area contributed by atoms with Gasteiger partial charge in [0.2, 0.25) is 11.8 Å². The average molecular weight is 574 g/mol. The first kappa shape index (κ1) is 29.1. The smallest absolute Gasteiger partial charge is 0.247 e. The molecule has 4 N–H and O–H groups in total. The van der Waals surface area contributed by atoms with Gasteiger partial charge in [-0.25, -0.2) is 0 Å². The summed E-state index contributed by atoms with van der Waals surface area (Å²) in [6, 6.07) is 12.2. The lowest BCUT2D eigenvalue weighted by Gasteiger charge is -2.40. The standard InChI is InChI=1S/C32H35N3O7/c1-3-4-9-27(38)35(12-10-21-16-20-7-5-6-8-24(20)34-21)25-17-23(32(40)33-11-13-36)28-22-14-19(18-37)15-26(41-2)30(22)42-31(28)29(25)39/h4-9,14-18,25,28-29,31,34,36,39H,3,10-13H2,1-2H3,(H,33,40). The fraction of sp³-hybridized carbons (Fsp3) is 0.344. The maximum atomic E-state index is 13.5. The number of H-pyrrole nitrogens is 1. The molecule has 0 fully saturated rings. The molecule has 1 aliphatic heterocycles. The van der Waals surface area contributed by atoms with Crippen molar-refractivity contribution in [2.45, 2.75) is 43.9 Å². The number of benzene rings is 2. The Morgan fingerprint density at radius 3 is 2.74 bits per heavy atom. The number of nitrogens with one attached hydrogen (secondary N) is 2. The molecule has 220 valence electrons. The van der Waals surface area contributed by atoms with E-state index >= 15 is 0 Å². The van der Waals surface area contributed by atoms with Gasteiger partial charge in [0.1, 0.15) is 18.5 Å². The first-order chi connectivity index (χ1) is 20.4. The van der Waals surface area contributed by atoms with E-state index in [0.717, 1.165) is 16.6 Å². The van der Waals surface area contributed by atoms with Gasteiger partial charge >= 0.3 is 0 Å². The Morgan fingerprint density at radius 1 is 1.21 bits per heavy atom. The summed E-state index contributed by atoms with van der Waals surface area (Å²) in [6.45, 7) is 1.94. The third-order valence-corrected chi connectivity index (χ3v) is 7.76. The highest BCUT2D eigenvalue weighted by atomic mass is 16.5. The van der Waals surface area contributed by atoms with Crippen LogP contribution in [0.5, 0.6) is 11.5 Å². The number of ether oxygens (including phenoxy) is 2. The number of hydrogen-bond donors (Lipinski definition) is 4. The van der Waals surface area contributed by atoms with Gasteiger partial charge in [0.25, 0.3) is 0 Å². The number of hydrogen-bond acceptors (Lipinski definition) is 7. The van der Waals surface area contributed by atoms with Gasteiger partial charge in [-0.15, -0.1) is 0 Å². The molecule has 5 rings (SSSR count). The number of allylic oxidation sites excluding steroid dienone is 1. The molecule has 2 amide bonds. The van der Waals surface area contributed by atoms with E-state index in [1.54, 1.807) is 23.1 Å². The summed E-state index contributed by atoms with van der Waals surface area (Å²) in [5.41, 5.74) is 3.06. The molecule has 3 aromatic rings. The van der Waals surface area contributed by atoms with Gasteiger partial charge in [0.15, 0.2) is 11.5 Å². The van der Waals surface area contributed by atoms with Crippen LogP contribution in [0.3, 0.4) is 0 Å². The largest absolute Gasteiger partial charge is 0.493 e. The van der Waals surface area contributed by atoms with Crippen LogP contribution in [-0.2, 0) is 16.0 Å². The number of amides is 2. The van der Waals surface area contributed by atoms with Crippen molar-refractivity contribution in [3.8, 4) is 11.5 Å². The third kappa shape index (κ3) is 5.55. The Kier molecular flexibility index (Phi) is 8.75. The number of aromatic nitrogens is 1. The van der Waals surface area contributed by atoms with E-state index in [2.05, 4.69) is 10.3 Å². The second-order valence-electron chi connectivity index (χ2n) is 10.4. The number of para-hydroxylation sites is 1. The molecule has 2 aliphatic rings. The maximum absolute atomic E-state index is 13.5. The van der Waals surface area contributed by atoms with E-state index in [1.165, 1.54) is 19.3 Å². The summed E-state index contributed by atoms with van der Waals surface area (Å²) >= 11 is 0. The van der Waals surface area contributed by atoms with E-state index < -0.39 is 30.1 Å². The highest BCUT2D eigenvalue weighted by Crippen LogP contribution is 2.51. The zero-order valence-corrected chi connectivity index (χ0v) is 23.6. The minimum Gasteiger partial charge on any atom is -0.493 e. The number of nitrogens with zero attached hydrogens (tertiary/aromatic N) is 1. The number of aliphatic hydroxyl groups excluding tert-OH is 2. The number of aromatic amines is 1. The zero-order valence-electron chi connectivity index (χ0n) is 23.6. The third-order valence-electron chi connectivity index (χ3n) is 7.76. The predicted molar refractivity (Wildman–Crippen MR) is 157 cm³/mol. The molecule has 0 spiro atoms. The van der Waals surface area contributed by atoms with Crippen LogP contribution in [0.4, 0.5) is 0 Å². The van der Waals surface area contributed by atoms with E-state index in [9.17, 15) is 24.6 Å². The summed E-state index contributed by atoms with van der Waals surface area (Å²) in [5, 5.41) is 24.9. The Morgan fingerprint density at radius 2 is 2.02 bits per heavy atom. The molecular weight excluding hydrogens is 538 g/mol. The predicted octanol–water partition coefficient (Wildman–Crippen LogP) is 2.65. The molecule has 4 unspecified atom stereocenters. The molecule has 1 aliphatic carbocycles. The average Bonchev–Trinajstić information content (AvgIpc) is 3.61.